The number of rotatable bonds is 6. The molecule has 1 amide bonds. The van der Waals surface area contributed by atoms with Gasteiger partial charge in [-0.05, 0) is 31.2 Å². The molecular formula is C18H21ClN2O2. The van der Waals surface area contributed by atoms with Crippen LogP contribution in [0.2, 0.25) is 5.02 Å². The lowest BCUT2D eigenvalue weighted by Crippen LogP contribution is -2.30. The van der Waals surface area contributed by atoms with Crippen molar-refractivity contribution in [3.05, 3.63) is 58.6 Å². The molecule has 2 aromatic rings. The van der Waals surface area contributed by atoms with Crippen LogP contribution in [0.15, 0.2) is 42.5 Å². The highest BCUT2D eigenvalue weighted by molar-refractivity contribution is 6.31. The zero-order valence-electron chi connectivity index (χ0n) is 13.6. The molecule has 0 atom stereocenters. The first-order chi connectivity index (χ1) is 11.0. The van der Waals surface area contributed by atoms with Crippen LogP contribution in [-0.2, 0) is 11.3 Å². The van der Waals surface area contributed by atoms with Gasteiger partial charge in [0.05, 0.1) is 19.3 Å². The van der Waals surface area contributed by atoms with Gasteiger partial charge in [-0.3, -0.25) is 9.69 Å². The minimum Gasteiger partial charge on any atom is -0.495 e. The van der Waals surface area contributed by atoms with Crippen LogP contribution in [0.3, 0.4) is 0 Å². The summed E-state index contributed by atoms with van der Waals surface area (Å²) in [4.78, 5) is 14.2. The van der Waals surface area contributed by atoms with Gasteiger partial charge in [-0.1, -0.05) is 41.9 Å². The molecule has 0 saturated heterocycles. The van der Waals surface area contributed by atoms with Crippen LogP contribution in [0.25, 0.3) is 0 Å². The Morgan fingerprint density at radius 3 is 2.61 bits per heavy atom. The fourth-order valence-corrected chi connectivity index (χ4v) is 2.47. The molecule has 0 unspecified atom stereocenters. The van der Waals surface area contributed by atoms with Gasteiger partial charge in [-0.2, -0.15) is 0 Å². The number of carbonyl (C=O) groups excluding carboxylic acids is 1. The Balaban J connectivity index is 1.98. The number of hydrogen-bond acceptors (Lipinski definition) is 3. The van der Waals surface area contributed by atoms with E-state index < -0.39 is 0 Å². The zero-order chi connectivity index (χ0) is 16.8. The summed E-state index contributed by atoms with van der Waals surface area (Å²) in [6.45, 7) is 2.89. The summed E-state index contributed by atoms with van der Waals surface area (Å²) in [7, 11) is 3.47. The summed E-state index contributed by atoms with van der Waals surface area (Å²) < 4.78 is 5.27. The second-order valence-corrected chi connectivity index (χ2v) is 5.91. The van der Waals surface area contributed by atoms with E-state index in [4.69, 9.17) is 16.3 Å². The first-order valence-corrected chi connectivity index (χ1v) is 7.74. The SMILES string of the molecule is COc1cc(Cl)c(C)cc1NC(=O)CN(C)Cc1ccccc1. The first kappa shape index (κ1) is 17.3. The molecule has 0 aliphatic carbocycles. The molecule has 23 heavy (non-hydrogen) atoms. The number of carbonyl (C=O) groups is 1. The van der Waals surface area contributed by atoms with Crippen molar-refractivity contribution in [2.75, 3.05) is 26.0 Å². The molecule has 2 rings (SSSR count). The Bertz CT molecular complexity index is 674. The Kier molecular flexibility index (Phi) is 6.02. The summed E-state index contributed by atoms with van der Waals surface area (Å²) in [6.07, 6.45) is 0. The maximum absolute atomic E-state index is 12.2. The van der Waals surface area contributed by atoms with Crippen LogP contribution in [0.1, 0.15) is 11.1 Å². The molecule has 0 fully saturated rings. The maximum atomic E-state index is 12.2. The highest BCUT2D eigenvalue weighted by Crippen LogP contribution is 2.30. The van der Waals surface area contributed by atoms with Crippen LogP contribution in [-0.4, -0.2) is 31.5 Å². The molecule has 0 aliphatic heterocycles. The molecule has 0 bridgehead atoms. The lowest BCUT2D eigenvalue weighted by molar-refractivity contribution is -0.117. The van der Waals surface area contributed by atoms with Crippen LogP contribution < -0.4 is 10.1 Å². The molecular weight excluding hydrogens is 312 g/mol. The number of methoxy groups -OCH3 is 1. The van der Waals surface area contributed by atoms with E-state index in [2.05, 4.69) is 5.32 Å². The minimum absolute atomic E-state index is 0.0940. The first-order valence-electron chi connectivity index (χ1n) is 7.36. The van der Waals surface area contributed by atoms with Gasteiger partial charge >= 0.3 is 0 Å². The Morgan fingerprint density at radius 1 is 1.26 bits per heavy atom. The van der Waals surface area contributed by atoms with Crippen LogP contribution in [0.5, 0.6) is 5.75 Å². The van der Waals surface area contributed by atoms with Crippen molar-refractivity contribution >= 4 is 23.2 Å². The second-order valence-electron chi connectivity index (χ2n) is 5.51. The lowest BCUT2D eigenvalue weighted by Gasteiger charge is -2.17. The van der Waals surface area contributed by atoms with Gasteiger partial charge in [0.2, 0.25) is 5.91 Å². The highest BCUT2D eigenvalue weighted by atomic mass is 35.5. The summed E-state index contributed by atoms with van der Waals surface area (Å²) in [5.41, 5.74) is 2.69. The van der Waals surface area contributed by atoms with Crippen molar-refractivity contribution in [3.8, 4) is 5.75 Å². The molecule has 0 aromatic heterocycles. The summed E-state index contributed by atoms with van der Waals surface area (Å²) in [5.74, 6) is 0.461. The molecule has 1 N–H and O–H groups in total. The predicted octanol–water partition coefficient (Wildman–Crippen LogP) is 3.73. The van der Waals surface area contributed by atoms with Crippen LogP contribution in [0, 0.1) is 6.92 Å². The highest BCUT2D eigenvalue weighted by Gasteiger charge is 2.12. The topological polar surface area (TPSA) is 41.6 Å². The number of amides is 1. The smallest absolute Gasteiger partial charge is 0.238 e. The van der Waals surface area contributed by atoms with Gasteiger partial charge in [-0.15, -0.1) is 0 Å². The third-order valence-corrected chi connectivity index (χ3v) is 3.87. The van der Waals surface area contributed by atoms with E-state index in [-0.39, 0.29) is 5.91 Å². The molecule has 0 saturated carbocycles. The zero-order valence-corrected chi connectivity index (χ0v) is 14.4. The fraction of sp³-hybridized carbons (Fsp3) is 0.278. The van der Waals surface area contributed by atoms with Crippen molar-refractivity contribution in [2.24, 2.45) is 0 Å². The molecule has 5 heteroatoms. The molecule has 0 spiro atoms. The minimum atomic E-state index is -0.0940. The molecule has 4 nitrogen and oxygen atoms in total. The van der Waals surface area contributed by atoms with Crippen molar-refractivity contribution in [2.45, 2.75) is 13.5 Å². The van der Waals surface area contributed by atoms with Crippen molar-refractivity contribution in [1.82, 2.24) is 4.90 Å². The standard InChI is InChI=1S/C18H21ClN2O2/c1-13-9-16(17(23-3)10-15(13)19)20-18(22)12-21(2)11-14-7-5-4-6-8-14/h4-10H,11-12H2,1-3H3,(H,20,22). The molecule has 0 aliphatic rings. The van der Waals surface area contributed by atoms with E-state index in [0.717, 1.165) is 5.56 Å². The van der Waals surface area contributed by atoms with Gasteiger partial charge in [0, 0.05) is 17.6 Å². The Hall–Kier alpha value is -2.04. The number of nitrogens with zero attached hydrogens (tertiary/aromatic N) is 1. The van der Waals surface area contributed by atoms with Crippen LogP contribution >= 0.6 is 11.6 Å². The number of benzene rings is 2. The number of halogens is 1. The van der Waals surface area contributed by atoms with Crippen molar-refractivity contribution in [1.29, 1.82) is 0 Å². The largest absolute Gasteiger partial charge is 0.495 e. The van der Waals surface area contributed by atoms with Gasteiger partial charge in [0.25, 0.3) is 0 Å². The van der Waals surface area contributed by atoms with Gasteiger partial charge in [0.15, 0.2) is 0 Å². The van der Waals surface area contributed by atoms with E-state index in [1.807, 2.05) is 55.3 Å². The fourth-order valence-electron chi connectivity index (χ4n) is 2.32. The lowest BCUT2D eigenvalue weighted by atomic mass is 10.2. The molecule has 2 aromatic carbocycles. The van der Waals surface area contributed by atoms with Crippen molar-refractivity contribution < 1.29 is 9.53 Å². The number of ether oxygens (including phenoxy) is 1. The molecule has 122 valence electrons. The third-order valence-electron chi connectivity index (χ3n) is 3.46. The molecule has 0 heterocycles. The molecule has 0 radical (unpaired) electrons. The van der Waals surface area contributed by atoms with E-state index in [1.54, 1.807) is 13.2 Å². The van der Waals surface area contributed by atoms with E-state index in [0.29, 0.717) is 29.5 Å². The number of aryl methyl sites for hydroxylation is 1. The van der Waals surface area contributed by atoms with E-state index in [1.165, 1.54) is 5.56 Å². The number of likely N-dealkylation sites (N-methyl/N-ethyl adjacent to an activating group) is 1. The van der Waals surface area contributed by atoms with Gasteiger partial charge in [0.1, 0.15) is 5.75 Å². The van der Waals surface area contributed by atoms with Gasteiger partial charge < -0.3 is 10.1 Å². The average Bonchev–Trinajstić information content (AvgIpc) is 2.51. The number of anilines is 1. The third kappa shape index (κ3) is 4.98. The maximum Gasteiger partial charge on any atom is 0.238 e. The Morgan fingerprint density at radius 2 is 1.96 bits per heavy atom. The van der Waals surface area contributed by atoms with Gasteiger partial charge in [-0.25, -0.2) is 0 Å². The number of nitrogens with one attached hydrogen (secondary N) is 1. The predicted molar refractivity (Wildman–Crippen MR) is 94.1 cm³/mol. The second kappa shape index (κ2) is 7.99. The van der Waals surface area contributed by atoms with E-state index >= 15 is 0 Å². The summed E-state index contributed by atoms with van der Waals surface area (Å²) in [5, 5.41) is 3.49. The Labute approximate surface area is 142 Å². The number of hydrogen-bond donors (Lipinski definition) is 1. The quantitative estimate of drug-likeness (QED) is 0.876. The monoisotopic (exact) mass is 332 g/mol. The van der Waals surface area contributed by atoms with E-state index in [9.17, 15) is 4.79 Å². The summed E-state index contributed by atoms with van der Waals surface area (Å²) >= 11 is 6.07. The summed E-state index contributed by atoms with van der Waals surface area (Å²) in [6, 6.07) is 13.6. The normalized spacial score (nSPS) is 10.7. The average molecular weight is 333 g/mol. The van der Waals surface area contributed by atoms with Crippen LogP contribution in [0.4, 0.5) is 5.69 Å². The van der Waals surface area contributed by atoms with Crippen molar-refractivity contribution in [3.63, 3.8) is 0 Å².